The van der Waals surface area contributed by atoms with Gasteiger partial charge in [-0.1, -0.05) is 46.3 Å². The van der Waals surface area contributed by atoms with Crippen LogP contribution >= 0.6 is 15.9 Å². The van der Waals surface area contributed by atoms with Crippen LogP contribution in [0.3, 0.4) is 0 Å². The first-order valence-electron chi connectivity index (χ1n) is 7.97. The lowest BCUT2D eigenvalue weighted by molar-refractivity contribution is 0.0913. The number of hydrogen-bond acceptors (Lipinski definition) is 2. The van der Waals surface area contributed by atoms with Gasteiger partial charge in [0.25, 0.3) is 11.5 Å². The van der Waals surface area contributed by atoms with Crippen molar-refractivity contribution in [3.05, 3.63) is 80.6 Å². The number of aromatic nitrogens is 1. The average molecular weight is 399 g/mol. The monoisotopic (exact) mass is 398 g/mol. The van der Waals surface area contributed by atoms with Crippen molar-refractivity contribution >= 4 is 32.7 Å². The summed E-state index contributed by atoms with van der Waals surface area (Å²) in [6, 6.07) is 16.6. The summed E-state index contributed by atoms with van der Waals surface area (Å²) in [5.41, 5.74) is 1.34. The molecule has 0 saturated heterocycles. The molecule has 1 heterocycles. The number of halogens is 1. The quantitative estimate of drug-likeness (QED) is 0.725. The topological polar surface area (TPSA) is 51.1 Å². The number of para-hydroxylation sites is 1. The molecular formula is C20H19BrN2O2. The maximum absolute atomic E-state index is 12.9. The van der Waals surface area contributed by atoms with E-state index >= 15 is 0 Å². The summed E-state index contributed by atoms with van der Waals surface area (Å²) >= 11 is 3.42. The third-order valence-corrected chi connectivity index (χ3v) is 4.92. The van der Waals surface area contributed by atoms with Crippen molar-refractivity contribution in [2.75, 3.05) is 0 Å². The zero-order chi connectivity index (χ0) is 18.2. The van der Waals surface area contributed by atoms with Gasteiger partial charge in [0.15, 0.2) is 0 Å². The molecule has 0 bridgehead atoms. The Balaban J connectivity index is 2.02. The lowest BCUT2D eigenvalue weighted by Crippen LogP contribution is -2.41. The summed E-state index contributed by atoms with van der Waals surface area (Å²) in [5.74, 6) is -0.262. The Labute approximate surface area is 154 Å². The second-order valence-corrected chi connectivity index (χ2v) is 7.47. The second-order valence-electron chi connectivity index (χ2n) is 6.56. The number of hydrogen-bond donors (Lipinski definition) is 1. The van der Waals surface area contributed by atoms with Crippen molar-refractivity contribution in [2.45, 2.75) is 19.4 Å². The zero-order valence-electron chi connectivity index (χ0n) is 14.3. The number of nitrogens with one attached hydrogen (secondary N) is 1. The number of benzene rings is 2. The first-order valence-corrected chi connectivity index (χ1v) is 8.76. The van der Waals surface area contributed by atoms with E-state index in [4.69, 9.17) is 0 Å². The molecule has 0 radical (unpaired) electrons. The minimum atomic E-state index is -0.569. The number of carbonyl (C=O) groups excluding carboxylic acids is 1. The molecule has 5 heteroatoms. The highest BCUT2D eigenvalue weighted by Gasteiger charge is 2.24. The largest absolute Gasteiger partial charge is 0.343 e. The number of nitrogens with zero attached hydrogens (tertiary/aromatic N) is 1. The van der Waals surface area contributed by atoms with E-state index in [1.807, 2.05) is 62.4 Å². The Hall–Kier alpha value is -2.40. The summed E-state index contributed by atoms with van der Waals surface area (Å²) in [4.78, 5) is 25.1. The fraction of sp³-hybridized carbons (Fsp3) is 0.200. The van der Waals surface area contributed by atoms with Crippen LogP contribution < -0.4 is 10.9 Å². The predicted molar refractivity (Wildman–Crippen MR) is 104 cm³/mol. The normalized spacial score (nSPS) is 11.5. The van der Waals surface area contributed by atoms with Crippen LogP contribution in [-0.2, 0) is 12.6 Å². The minimum Gasteiger partial charge on any atom is -0.343 e. The summed E-state index contributed by atoms with van der Waals surface area (Å²) in [5, 5.41) is 3.80. The van der Waals surface area contributed by atoms with E-state index in [9.17, 15) is 9.59 Å². The van der Waals surface area contributed by atoms with E-state index < -0.39 is 5.54 Å². The number of pyridine rings is 1. The fourth-order valence-corrected chi connectivity index (χ4v) is 3.15. The summed E-state index contributed by atoms with van der Waals surface area (Å²) in [7, 11) is 1.71. The molecule has 128 valence electrons. The molecule has 4 nitrogen and oxygen atoms in total. The summed E-state index contributed by atoms with van der Waals surface area (Å²) < 4.78 is 2.53. The first-order chi connectivity index (χ1) is 11.8. The van der Waals surface area contributed by atoms with Gasteiger partial charge in [0.1, 0.15) is 0 Å². The zero-order valence-corrected chi connectivity index (χ0v) is 15.9. The van der Waals surface area contributed by atoms with Crippen LogP contribution in [0.5, 0.6) is 0 Å². The van der Waals surface area contributed by atoms with Gasteiger partial charge in [-0.25, -0.2) is 0 Å². The molecule has 1 aromatic heterocycles. The van der Waals surface area contributed by atoms with E-state index in [1.54, 1.807) is 11.6 Å². The van der Waals surface area contributed by atoms with E-state index in [0.29, 0.717) is 5.56 Å². The highest BCUT2D eigenvalue weighted by molar-refractivity contribution is 9.10. The maximum atomic E-state index is 12.9. The van der Waals surface area contributed by atoms with Crippen LogP contribution in [0.2, 0.25) is 0 Å². The second kappa shape index (κ2) is 6.48. The molecule has 25 heavy (non-hydrogen) atoms. The van der Waals surface area contributed by atoms with Crippen molar-refractivity contribution in [1.29, 1.82) is 0 Å². The molecule has 2 aromatic carbocycles. The molecule has 3 rings (SSSR count). The lowest BCUT2D eigenvalue weighted by Gasteiger charge is -2.27. The molecule has 1 N–H and O–H groups in total. The first kappa shape index (κ1) is 17.4. The van der Waals surface area contributed by atoms with Gasteiger partial charge in [-0.15, -0.1) is 0 Å². The van der Waals surface area contributed by atoms with Crippen LogP contribution in [0.4, 0.5) is 0 Å². The van der Waals surface area contributed by atoms with E-state index in [-0.39, 0.29) is 11.5 Å². The molecule has 0 atom stereocenters. The number of rotatable bonds is 3. The molecule has 0 aliphatic heterocycles. The Bertz CT molecular complexity index is 1000. The Morgan fingerprint density at radius 1 is 1.08 bits per heavy atom. The molecule has 3 aromatic rings. The van der Waals surface area contributed by atoms with Crippen LogP contribution in [-0.4, -0.2) is 10.5 Å². The van der Waals surface area contributed by atoms with E-state index in [2.05, 4.69) is 21.2 Å². The summed E-state index contributed by atoms with van der Waals surface area (Å²) in [6.45, 7) is 3.88. The van der Waals surface area contributed by atoms with Gasteiger partial charge in [0.2, 0.25) is 0 Å². The average Bonchev–Trinajstić information content (AvgIpc) is 2.58. The van der Waals surface area contributed by atoms with Gasteiger partial charge < -0.3 is 9.88 Å². The van der Waals surface area contributed by atoms with Crippen molar-refractivity contribution in [2.24, 2.45) is 7.05 Å². The van der Waals surface area contributed by atoms with Crippen molar-refractivity contribution in [3.63, 3.8) is 0 Å². The Kier molecular flexibility index (Phi) is 4.52. The third kappa shape index (κ3) is 3.37. The molecule has 1 amide bonds. The minimum absolute atomic E-state index is 0.203. The maximum Gasteiger partial charge on any atom is 0.252 e. The van der Waals surface area contributed by atoms with Crippen LogP contribution in [0.15, 0.2) is 63.9 Å². The highest BCUT2D eigenvalue weighted by Crippen LogP contribution is 2.24. The molecule has 0 spiro atoms. The van der Waals surface area contributed by atoms with Crippen LogP contribution in [0.1, 0.15) is 29.8 Å². The Morgan fingerprint density at radius 3 is 2.40 bits per heavy atom. The van der Waals surface area contributed by atoms with Gasteiger partial charge in [-0.3, -0.25) is 9.59 Å². The Morgan fingerprint density at radius 2 is 1.72 bits per heavy atom. The fourth-order valence-electron chi connectivity index (χ4n) is 2.89. The van der Waals surface area contributed by atoms with Crippen molar-refractivity contribution in [3.8, 4) is 0 Å². The lowest BCUT2D eigenvalue weighted by atomic mass is 9.93. The number of fused-ring (bicyclic) bond motifs is 1. The number of amides is 1. The standard InChI is InChI=1S/C20H19BrN2O2/c1-20(2,13-8-10-14(21)11-9-13)22-19(25)16-12-18(24)23(3)17-7-5-4-6-15(16)17/h4-12H,1-3H3,(H,22,25). The van der Waals surface area contributed by atoms with Crippen molar-refractivity contribution < 1.29 is 4.79 Å². The third-order valence-electron chi connectivity index (χ3n) is 4.39. The highest BCUT2D eigenvalue weighted by atomic mass is 79.9. The molecule has 0 aliphatic rings. The summed E-state index contributed by atoms with van der Waals surface area (Å²) in [6.07, 6.45) is 0. The van der Waals surface area contributed by atoms with Gasteiger partial charge in [0.05, 0.1) is 16.6 Å². The van der Waals surface area contributed by atoms with E-state index in [0.717, 1.165) is 20.9 Å². The van der Waals surface area contributed by atoms with Gasteiger partial charge >= 0.3 is 0 Å². The molecular weight excluding hydrogens is 380 g/mol. The van der Waals surface area contributed by atoms with Gasteiger partial charge in [-0.2, -0.15) is 0 Å². The van der Waals surface area contributed by atoms with Gasteiger partial charge in [0, 0.05) is 23.0 Å². The van der Waals surface area contributed by atoms with Gasteiger partial charge in [-0.05, 0) is 37.6 Å². The van der Waals surface area contributed by atoms with E-state index in [1.165, 1.54) is 6.07 Å². The van der Waals surface area contributed by atoms with Crippen molar-refractivity contribution in [1.82, 2.24) is 9.88 Å². The van der Waals surface area contributed by atoms with Crippen LogP contribution in [0.25, 0.3) is 10.9 Å². The predicted octanol–water partition coefficient (Wildman–Crippen LogP) is 3.97. The molecule has 0 saturated carbocycles. The number of aryl methyl sites for hydroxylation is 1. The SMILES string of the molecule is Cn1c(=O)cc(C(=O)NC(C)(C)c2ccc(Br)cc2)c2ccccc21. The molecule has 0 aliphatic carbocycles. The molecule has 0 fully saturated rings. The molecule has 0 unspecified atom stereocenters. The van der Waals surface area contributed by atoms with Crippen LogP contribution in [0, 0.1) is 0 Å². The smallest absolute Gasteiger partial charge is 0.252 e. The number of carbonyl (C=O) groups is 1.